The molecule has 0 spiro atoms. The van der Waals surface area contributed by atoms with E-state index in [2.05, 4.69) is 0 Å². The van der Waals surface area contributed by atoms with Gasteiger partial charge >= 0.3 is 5.97 Å². The fraction of sp³-hybridized carbons (Fsp3) is 0.750. The maximum Gasteiger partial charge on any atom is 0.316 e. The van der Waals surface area contributed by atoms with E-state index in [0.29, 0.717) is 19.6 Å². The molecule has 0 saturated carbocycles. The lowest BCUT2D eigenvalue weighted by atomic mass is 9.99. The molecule has 0 bridgehead atoms. The Labute approximate surface area is 70.8 Å². The zero-order chi connectivity index (χ0) is 8.97. The molecule has 0 amide bonds. The fourth-order valence-corrected chi connectivity index (χ4v) is 1.13. The van der Waals surface area contributed by atoms with Crippen LogP contribution in [0, 0.1) is 5.92 Å². The second kappa shape index (κ2) is 4.21. The largest absolute Gasteiger partial charge is 0.465 e. The summed E-state index contributed by atoms with van der Waals surface area (Å²) in [4.78, 5) is 22.2. The predicted octanol–water partition coefficient (Wildman–Crippen LogP) is 0.155. The van der Waals surface area contributed by atoms with Crippen LogP contribution >= 0.6 is 0 Å². The van der Waals surface area contributed by atoms with Gasteiger partial charge in [0.05, 0.1) is 6.61 Å². The van der Waals surface area contributed by atoms with Crippen LogP contribution < -0.4 is 0 Å². The van der Waals surface area contributed by atoms with Crippen LogP contribution in [0.5, 0.6) is 0 Å². The highest BCUT2D eigenvalue weighted by molar-refractivity contribution is 6.00. The van der Waals surface area contributed by atoms with E-state index >= 15 is 0 Å². The van der Waals surface area contributed by atoms with Crippen molar-refractivity contribution in [1.82, 2.24) is 0 Å². The van der Waals surface area contributed by atoms with Gasteiger partial charge in [0, 0.05) is 6.61 Å². The summed E-state index contributed by atoms with van der Waals surface area (Å²) in [5, 5.41) is 0. The first-order valence-corrected chi connectivity index (χ1v) is 4.02. The Morgan fingerprint density at radius 3 is 3.08 bits per heavy atom. The molecule has 1 aliphatic heterocycles. The summed E-state index contributed by atoms with van der Waals surface area (Å²) in [7, 11) is 0. The Balaban J connectivity index is 2.48. The van der Waals surface area contributed by atoms with Gasteiger partial charge in [-0.05, 0) is 13.3 Å². The highest BCUT2D eigenvalue weighted by Crippen LogP contribution is 2.12. The molecule has 0 aromatic carbocycles. The molecule has 0 radical (unpaired) electrons. The van der Waals surface area contributed by atoms with Gasteiger partial charge in [-0.3, -0.25) is 9.59 Å². The topological polar surface area (TPSA) is 52.6 Å². The highest BCUT2D eigenvalue weighted by atomic mass is 16.5. The Morgan fingerprint density at radius 1 is 1.75 bits per heavy atom. The minimum Gasteiger partial charge on any atom is -0.465 e. The van der Waals surface area contributed by atoms with Gasteiger partial charge in [-0.15, -0.1) is 0 Å². The molecule has 1 aliphatic rings. The molecule has 1 fully saturated rings. The zero-order valence-corrected chi connectivity index (χ0v) is 7.04. The first-order valence-electron chi connectivity index (χ1n) is 4.02. The third-order valence-corrected chi connectivity index (χ3v) is 1.75. The van der Waals surface area contributed by atoms with Crippen molar-refractivity contribution >= 4 is 11.8 Å². The molecule has 0 aromatic heterocycles. The molecule has 1 rings (SSSR count). The average molecular weight is 172 g/mol. The summed E-state index contributed by atoms with van der Waals surface area (Å²) in [5.74, 6) is -1.16. The van der Waals surface area contributed by atoms with E-state index in [0.717, 1.165) is 0 Å². The zero-order valence-electron chi connectivity index (χ0n) is 7.04. The number of esters is 1. The van der Waals surface area contributed by atoms with Gasteiger partial charge in [-0.2, -0.15) is 0 Å². The molecule has 1 atom stereocenters. The molecule has 1 heterocycles. The third kappa shape index (κ3) is 2.04. The number of ether oxygens (including phenoxy) is 2. The molecule has 12 heavy (non-hydrogen) atoms. The minimum absolute atomic E-state index is 0.0451. The van der Waals surface area contributed by atoms with E-state index in [4.69, 9.17) is 9.47 Å². The summed E-state index contributed by atoms with van der Waals surface area (Å²) in [6.07, 6.45) is 0.456. The molecular formula is C8H12O4. The minimum atomic E-state index is -0.585. The van der Waals surface area contributed by atoms with Crippen molar-refractivity contribution in [3.05, 3.63) is 0 Å². The van der Waals surface area contributed by atoms with Crippen LogP contribution in [0.2, 0.25) is 0 Å². The fourth-order valence-electron chi connectivity index (χ4n) is 1.13. The van der Waals surface area contributed by atoms with Gasteiger partial charge in [-0.25, -0.2) is 0 Å². The summed E-state index contributed by atoms with van der Waals surface area (Å²) in [5.41, 5.74) is 0. The van der Waals surface area contributed by atoms with Gasteiger partial charge in [0.25, 0.3) is 0 Å². The van der Waals surface area contributed by atoms with Crippen LogP contribution in [0.3, 0.4) is 0 Å². The van der Waals surface area contributed by atoms with Crippen LogP contribution in [0.25, 0.3) is 0 Å². The average Bonchev–Trinajstić information content (AvgIpc) is 2.05. The second-order valence-corrected chi connectivity index (χ2v) is 2.61. The number of rotatable bonds is 2. The van der Waals surface area contributed by atoms with Crippen LogP contribution in [-0.4, -0.2) is 31.6 Å². The van der Waals surface area contributed by atoms with E-state index in [-0.39, 0.29) is 12.4 Å². The maximum absolute atomic E-state index is 11.1. The number of hydrogen-bond acceptors (Lipinski definition) is 4. The Kier molecular flexibility index (Phi) is 3.22. The lowest BCUT2D eigenvalue weighted by Gasteiger charge is -2.18. The van der Waals surface area contributed by atoms with Gasteiger partial charge in [0.2, 0.25) is 0 Å². The van der Waals surface area contributed by atoms with Gasteiger partial charge < -0.3 is 9.47 Å². The van der Waals surface area contributed by atoms with E-state index in [1.807, 2.05) is 0 Å². The van der Waals surface area contributed by atoms with Crippen LogP contribution in [0.1, 0.15) is 13.3 Å². The van der Waals surface area contributed by atoms with E-state index in [1.165, 1.54) is 0 Å². The standard InChI is InChI=1S/C8H12O4/c1-2-12-8(10)6-3-4-11-5-7(6)9/h6H,2-5H2,1H3/t6-/m1/s1. The van der Waals surface area contributed by atoms with Crippen molar-refractivity contribution in [2.24, 2.45) is 5.92 Å². The SMILES string of the molecule is CCOC(=O)[C@@H]1CCOCC1=O. The molecule has 0 unspecified atom stereocenters. The Bertz CT molecular complexity index is 187. The van der Waals surface area contributed by atoms with Crippen LogP contribution in [0.4, 0.5) is 0 Å². The Morgan fingerprint density at radius 2 is 2.50 bits per heavy atom. The monoisotopic (exact) mass is 172 g/mol. The maximum atomic E-state index is 11.1. The molecule has 0 aliphatic carbocycles. The second-order valence-electron chi connectivity index (χ2n) is 2.61. The van der Waals surface area contributed by atoms with Gasteiger partial charge in [0.1, 0.15) is 12.5 Å². The first kappa shape index (κ1) is 9.19. The molecule has 0 N–H and O–H groups in total. The number of carbonyl (C=O) groups is 2. The van der Waals surface area contributed by atoms with Crippen molar-refractivity contribution in [2.45, 2.75) is 13.3 Å². The molecule has 4 heteroatoms. The number of hydrogen-bond donors (Lipinski definition) is 0. The van der Waals surface area contributed by atoms with Crippen LogP contribution in [-0.2, 0) is 19.1 Å². The quantitative estimate of drug-likeness (QED) is 0.439. The van der Waals surface area contributed by atoms with Crippen molar-refractivity contribution < 1.29 is 19.1 Å². The summed E-state index contributed by atoms with van der Waals surface area (Å²) in [6, 6.07) is 0. The number of carbonyl (C=O) groups excluding carboxylic acids is 2. The third-order valence-electron chi connectivity index (χ3n) is 1.75. The summed E-state index contributed by atoms with van der Waals surface area (Å²) >= 11 is 0. The normalized spacial score (nSPS) is 23.8. The van der Waals surface area contributed by atoms with E-state index in [1.54, 1.807) is 6.92 Å². The molecular weight excluding hydrogens is 160 g/mol. The van der Waals surface area contributed by atoms with Crippen molar-refractivity contribution in [2.75, 3.05) is 19.8 Å². The lowest BCUT2D eigenvalue weighted by Crippen LogP contribution is -2.34. The number of Topliss-reactive ketones (excluding diaryl/α,β-unsaturated/α-hetero) is 1. The van der Waals surface area contributed by atoms with Gasteiger partial charge in [0.15, 0.2) is 5.78 Å². The molecule has 68 valence electrons. The van der Waals surface area contributed by atoms with Crippen LogP contribution in [0.15, 0.2) is 0 Å². The summed E-state index contributed by atoms with van der Waals surface area (Å²) < 4.78 is 9.62. The van der Waals surface area contributed by atoms with Crippen molar-refractivity contribution in [3.63, 3.8) is 0 Å². The first-order chi connectivity index (χ1) is 5.75. The molecule has 4 nitrogen and oxygen atoms in total. The number of ketones is 1. The van der Waals surface area contributed by atoms with Crippen molar-refractivity contribution in [1.29, 1.82) is 0 Å². The van der Waals surface area contributed by atoms with E-state index < -0.39 is 11.9 Å². The lowest BCUT2D eigenvalue weighted by molar-refractivity contribution is -0.156. The highest BCUT2D eigenvalue weighted by Gasteiger charge is 2.30. The van der Waals surface area contributed by atoms with Crippen molar-refractivity contribution in [3.8, 4) is 0 Å². The molecule has 0 aromatic rings. The molecule has 1 saturated heterocycles. The Hall–Kier alpha value is -0.900. The summed E-state index contributed by atoms with van der Waals surface area (Å²) in [6.45, 7) is 2.56. The van der Waals surface area contributed by atoms with Gasteiger partial charge in [-0.1, -0.05) is 0 Å². The smallest absolute Gasteiger partial charge is 0.316 e. The predicted molar refractivity (Wildman–Crippen MR) is 40.6 cm³/mol. The van der Waals surface area contributed by atoms with E-state index in [9.17, 15) is 9.59 Å².